The van der Waals surface area contributed by atoms with Gasteiger partial charge in [0.15, 0.2) is 0 Å². The van der Waals surface area contributed by atoms with Crippen molar-refractivity contribution >= 4 is 52.5 Å². The molecule has 0 saturated heterocycles. The molecule has 1 aromatic carbocycles. The summed E-state index contributed by atoms with van der Waals surface area (Å²) < 4.78 is 0. The van der Waals surface area contributed by atoms with Gasteiger partial charge in [0.2, 0.25) is 11.5 Å². The second-order valence-corrected chi connectivity index (χ2v) is 5.47. The first-order chi connectivity index (χ1) is 8.06. The normalized spacial score (nSPS) is 18.5. The van der Waals surface area contributed by atoms with Gasteiger partial charge >= 0.3 is 0 Å². The first kappa shape index (κ1) is 13.0. The highest BCUT2D eigenvalue weighted by atomic mass is 35.5. The maximum absolute atomic E-state index is 6.06. The number of hydrogen-bond acceptors (Lipinski definition) is 5. The summed E-state index contributed by atoms with van der Waals surface area (Å²) in [6.45, 7) is 0. The summed E-state index contributed by atoms with van der Waals surface area (Å²) in [7, 11) is 0. The Morgan fingerprint density at radius 1 is 1.29 bits per heavy atom. The smallest absolute Gasteiger partial charge is 0.238 e. The Balaban J connectivity index is 2.07. The Labute approximate surface area is 117 Å². The van der Waals surface area contributed by atoms with E-state index >= 15 is 0 Å². The summed E-state index contributed by atoms with van der Waals surface area (Å²) in [6, 6.07) is 3.37. The van der Waals surface area contributed by atoms with Crippen LogP contribution in [0.15, 0.2) is 27.4 Å². The van der Waals surface area contributed by atoms with E-state index in [2.05, 4.69) is 15.2 Å². The fourth-order valence-corrected chi connectivity index (χ4v) is 2.87. The Hall–Kier alpha value is -0.490. The lowest BCUT2D eigenvalue weighted by atomic mass is 10.2. The van der Waals surface area contributed by atoms with E-state index < -0.39 is 0 Å². The number of azo groups is 1. The van der Waals surface area contributed by atoms with Crippen molar-refractivity contribution in [1.29, 1.82) is 0 Å². The van der Waals surface area contributed by atoms with Crippen LogP contribution in [-0.2, 0) is 5.75 Å². The van der Waals surface area contributed by atoms with Crippen LogP contribution in [-0.4, -0.2) is 11.5 Å². The average molecular weight is 310 g/mol. The molecule has 0 aliphatic carbocycles. The molecule has 0 spiro atoms. The van der Waals surface area contributed by atoms with Crippen LogP contribution in [0.5, 0.6) is 0 Å². The van der Waals surface area contributed by atoms with Crippen LogP contribution in [0.2, 0.25) is 15.1 Å². The minimum atomic E-state index is -0.316. The van der Waals surface area contributed by atoms with Crippen molar-refractivity contribution in [2.45, 2.75) is 11.3 Å². The lowest BCUT2D eigenvalue weighted by Gasteiger charge is -2.07. The summed E-state index contributed by atoms with van der Waals surface area (Å²) in [5.74, 6) is 0.775. The molecule has 4 nitrogen and oxygen atoms in total. The van der Waals surface area contributed by atoms with Crippen LogP contribution in [0.1, 0.15) is 5.56 Å². The number of thioether (sulfide) groups is 1. The molecule has 0 saturated carbocycles. The van der Waals surface area contributed by atoms with Crippen molar-refractivity contribution in [2.75, 3.05) is 0 Å². The number of guanidine groups is 1. The van der Waals surface area contributed by atoms with Crippen molar-refractivity contribution in [1.82, 2.24) is 0 Å². The molecule has 2 rings (SSSR count). The zero-order valence-electron chi connectivity index (χ0n) is 8.40. The Morgan fingerprint density at radius 3 is 2.71 bits per heavy atom. The lowest BCUT2D eigenvalue weighted by Crippen LogP contribution is -2.04. The van der Waals surface area contributed by atoms with Crippen LogP contribution in [0.4, 0.5) is 0 Å². The number of hydrogen-bond donors (Lipinski definition) is 1. The number of benzene rings is 1. The largest absolute Gasteiger partial charge is 0.367 e. The second-order valence-electron chi connectivity index (χ2n) is 3.20. The molecule has 0 bridgehead atoms. The molecule has 90 valence electrons. The van der Waals surface area contributed by atoms with Gasteiger partial charge in [0.25, 0.3) is 0 Å². The molecule has 1 atom stereocenters. The van der Waals surface area contributed by atoms with E-state index in [1.807, 2.05) is 0 Å². The van der Waals surface area contributed by atoms with Gasteiger partial charge in [0, 0.05) is 10.8 Å². The van der Waals surface area contributed by atoms with Crippen molar-refractivity contribution in [3.05, 3.63) is 32.8 Å². The van der Waals surface area contributed by atoms with Crippen molar-refractivity contribution in [2.24, 2.45) is 21.0 Å². The van der Waals surface area contributed by atoms with Gasteiger partial charge in [-0.2, -0.15) is 0 Å². The van der Waals surface area contributed by atoms with E-state index in [4.69, 9.17) is 40.5 Å². The fourth-order valence-electron chi connectivity index (χ4n) is 1.22. The topological polar surface area (TPSA) is 63.1 Å². The first-order valence-corrected chi connectivity index (χ1v) is 6.73. The summed E-state index contributed by atoms with van der Waals surface area (Å²) >= 11 is 19.3. The number of nitrogens with two attached hydrogens (primary N) is 1. The predicted molar refractivity (Wildman–Crippen MR) is 73.0 cm³/mol. The van der Waals surface area contributed by atoms with E-state index in [9.17, 15) is 0 Å². The monoisotopic (exact) mass is 308 g/mol. The van der Waals surface area contributed by atoms with Gasteiger partial charge in [0.05, 0.1) is 10.0 Å². The third-order valence-electron chi connectivity index (χ3n) is 1.96. The van der Waals surface area contributed by atoms with E-state index in [1.165, 1.54) is 11.8 Å². The zero-order chi connectivity index (χ0) is 12.4. The van der Waals surface area contributed by atoms with E-state index in [1.54, 1.807) is 12.1 Å². The minimum absolute atomic E-state index is 0.192. The van der Waals surface area contributed by atoms with Crippen LogP contribution in [0, 0.1) is 0 Å². The average Bonchev–Trinajstić information content (AvgIpc) is 2.67. The summed E-state index contributed by atoms with van der Waals surface area (Å²) in [5, 5.41) is 8.97. The van der Waals surface area contributed by atoms with Crippen LogP contribution >= 0.6 is 46.6 Å². The maximum atomic E-state index is 6.06. The number of aliphatic imine (C=N–C) groups is 1. The predicted octanol–water partition coefficient (Wildman–Crippen LogP) is 3.94. The molecule has 1 aromatic rings. The quantitative estimate of drug-likeness (QED) is 0.859. The van der Waals surface area contributed by atoms with Crippen LogP contribution < -0.4 is 5.73 Å². The van der Waals surface area contributed by atoms with Crippen LogP contribution in [0.25, 0.3) is 0 Å². The highest BCUT2D eigenvalue weighted by Gasteiger charge is 2.14. The van der Waals surface area contributed by atoms with E-state index in [-0.39, 0.29) is 11.5 Å². The van der Waals surface area contributed by atoms with Gasteiger partial charge in [0.1, 0.15) is 0 Å². The Morgan fingerprint density at radius 2 is 2.06 bits per heavy atom. The van der Waals surface area contributed by atoms with Gasteiger partial charge in [-0.05, 0) is 17.7 Å². The van der Waals surface area contributed by atoms with Gasteiger partial charge in [-0.1, -0.05) is 34.8 Å². The third kappa shape index (κ3) is 3.25. The molecule has 1 heterocycles. The Kier molecular flexibility index (Phi) is 4.14. The molecule has 0 aromatic heterocycles. The van der Waals surface area contributed by atoms with Gasteiger partial charge in [-0.3, -0.25) is 0 Å². The maximum Gasteiger partial charge on any atom is 0.238 e. The SMILES string of the molecule is NC1=NC(SCc2cc(Cl)cc(Cl)c2Cl)N=N1. The molecule has 1 aliphatic heterocycles. The molecule has 8 heteroatoms. The molecule has 1 unspecified atom stereocenters. The zero-order valence-corrected chi connectivity index (χ0v) is 11.5. The van der Waals surface area contributed by atoms with Gasteiger partial charge < -0.3 is 5.73 Å². The molecule has 17 heavy (non-hydrogen) atoms. The lowest BCUT2D eigenvalue weighted by molar-refractivity contribution is 0.970. The molecular formula is C9H7Cl3N4S. The van der Waals surface area contributed by atoms with Crippen molar-refractivity contribution in [3.8, 4) is 0 Å². The van der Waals surface area contributed by atoms with Crippen molar-refractivity contribution in [3.63, 3.8) is 0 Å². The summed E-state index contributed by atoms with van der Waals surface area (Å²) in [6.07, 6.45) is 0. The summed E-state index contributed by atoms with van der Waals surface area (Å²) in [5.41, 5.74) is 5.90. The second kappa shape index (κ2) is 5.44. The first-order valence-electron chi connectivity index (χ1n) is 4.55. The fraction of sp³-hybridized carbons (Fsp3) is 0.222. The van der Waals surface area contributed by atoms with E-state index in [0.717, 1.165) is 5.56 Å². The molecule has 0 fully saturated rings. The standard InChI is InChI=1S/C9H7Cl3N4S/c10-5-1-4(7(12)6(11)2-5)3-17-9-14-8(13)15-16-9/h1-2,9H,3H2,(H2,13,14). The highest BCUT2D eigenvalue weighted by molar-refractivity contribution is 7.99. The van der Waals surface area contributed by atoms with Crippen molar-refractivity contribution < 1.29 is 0 Å². The Bertz CT molecular complexity index is 503. The highest BCUT2D eigenvalue weighted by Crippen LogP contribution is 2.33. The number of nitrogens with zero attached hydrogens (tertiary/aromatic N) is 3. The van der Waals surface area contributed by atoms with E-state index in [0.29, 0.717) is 20.8 Å². The molecule has 1 aliphatic rings. The number of rotatable bonds is 3. The number of halogens is 3. The third-order valence-corrected chi connectivity index (χ3v) is 3.99. The molecular weight excluding hydrogens is 303 g/mol. The molecule has 0 radical (unpaired) electrons. The minimum Gasteiger partial charge on any atom is -0.367 e. The van der Waals surface area contributed by atoms with Gasteiger partial charge in [-0.15, -0.1) is 22.0 Å². The van der Waals surface area contributed by atoms with Crippen LogP contribution in [0.3, 0.4) is 0 Å². The summed E-state index contributed by atoms with van der Waals surface area (Å²) in [4.78, 5) is 3.99. The molecule has 0 amide bonds. The molecule has 2 N–H and O–H groups in total. The van der Waals surface area contributed by atoms with Gasteiger partial charge in [-0.25, -0.2) is 4.99 Å².